The normalized spacial score (nSPS) is 15.3. The third-order valence-electron chi connectivity index (χ3n) is 2.91. The molecule has 1 amide bonds. The maximum Gasteiger partial charge on any atom is 0.359 e. The number of rotatable bonds is 3. The highest BCUT2D eigenvalue weighted by Crippen LogP contribution is 2.32. The molecule has 7 nitrogen and oxygen atoms in total. The maximum atomic E-state index is 12.4. The Labute approximate surface area is 137 Å². The second-order valence-electron chi connectivity index (χ2n) is 4.51. The first-order valence-corrected chi connectivity index (χ1v) is 7.29. The van der Waals surface area contributed by atoms with Crippen LogP contribution in [-0.4, -0.2) is 42.2 Å². The van der Waals surface area contributed by atoms with Crippen LogP contribution < -0.4 is 0 Å². The van der Waals surface area contributed by atoms with Crippen molar-refractivity contribution in [3.05, 3.63) is 46.4 Å². The fourth-order valence-electron chi connectivity index (χ4n) is 1.69. The SMILES string of the molecule is COC(=O)/C=C1\SN(C(=O)c2ccc(C)cc2)N=C1C(=O)OC. The molecule has 1 aliphatic heterocycles. The van der Waals surface area contributed by atoms with Gasteiger partial charge in [-0.05, 0) is 19.1 Å². The molecule has 0 saturated carbocycles. The van der Waals surface area contributed by atoms with Crippen molar-refractivity contribution >= 4 is 35.5 Å². The van der Waals surface area contributed by atoms with Crippen molar-refractivity contribution in [2.75, 3.05) is 14.2 Å². The average Bonchev–Trinajstić information content (AvgIpc) is 2.97. The van der Waals surface area contributed by atoms with E-state index in [9.17, 15) is 14.4 Å². The van der Waals surface area contributed by atoms with Gasteiger partial charge in [-0.3, -0.25) is 4.79 Å². The zero-order chi connectivity index (χ0) is 17.0. The molecule has 0 saturated heterocycles. The van der Waals surface area contributed by atoms with Gasteiger partial charge in [0.2, 0.25) is 0 Å². The number of benzene rings is 1. The van der Waals surface area contributed by atoms with Crippen LogP contribution in [0.3, 0.4) is 0 Å². The molecule has 0 unspecified atom stereocenters. The van der Waals surface area contributed by atoms with Crippen LogP contribution in [-0.2, 0) is 19.1 Å². The van der Waals surface area contributed by atoms with Crippen molar-refractivity contribution in [3.8, 4) is 0 Å². The summed E-state index contributed by atoms with van der Waals surface area (Å²) >= 11 is 0.853. The molecule has 23 heavy (non-hydrogen) atoms. The first-order valence-electron chi connectivity index (χ1n) is 6.52. The quantitative estimate of drug-likeness (QED) is 0.475. The van der Waals surface area contributed by atoms with Crippen LogP contribution >= 0.6 is 11.9 Å². The summed E-state index contributed by atoms with van der Waals surface area (Å²) in [5.74, 6) is -1.81. The second-order valence-corrected chi connectivity index (χ2v) is 5.48. The highest BCUT2D eigenvalue weighted by molar-refractivity contribution is 8.02. The van der Waals surface area contributed by atoms with Gasteiger partial charge in [-0.1, -0.05) is 17.7 Å². The van der Waals surface area contributed by atoms with E-state index in [1.807, 2.05) is 6.92 Å². The number of aryl methyl sites for hydroxylation is 1. The lowest BCUT2D eigenvalue weighted by atomic mass is 10.1. The van der Waals surface area contributed by atoms with Gasteiger partial charge in [0.05, 0.1) is 19.1 Å². The van der Waals surface area contributed by atoms with Gasteiger partial charge in [-0.15, -0.1) is 5.10 Å². The minimum Gasteiger partial charge on any atom is -0.466 e. The monoisotopic (exact) mass is 334 g/mol. The van der Waals surface area contributed by atoms with Gasteiger partial charge in [0.1, 0.15) is 0 Å². The summed E-state index contributed by atoms with van der Waals surface area (Å²) in [6, 6.07) is 6.91. The van der Waals surface area contributed by atoms with E-state index in [0.717, 1.165) is 28.0 Å². The third-order valence-corrected chi connectivity index (χ3v) is 3.84. The summed E-state index contributed by atoms with van der Waals surface area (Å²) in [6.45, 7) is 1.91. The molecule has 0 atom stereocenters. The van der Waals surface area contributed by atoms with Gasteiger partial charge >= 0.3 is 11.9 Å². The third kappa shape index (κ3) is 3.78. The van der Waals surface area contributed by atoms with Gasteiger partial charge in [0.15, 0.2) is 5.71 Å². The largest absolute Gasteiger partial charge is 0.466 e. The molecule has 0 bridgehead atoms. The number of methoxy groups -OCH3 is 2. The maximum absolute atomic E-state index is 12.4. The van der Waals surface area contributed by atoms with Gasteiger partial charge in [0.25, 0.3) is 5.91 Å². The van der Waals surface area contributed by atoms with Crippen LogP contribution in [0.4, 0.5) is 0 Å². The fraction of sp³-hybridized carbons (Fsp3) is 0.200. The molecule has 120 valence electrons. The lowest BCUT2D eigenvalue weighted by molar-refractivity contribution is -0.134. The predicted molar refractivity (Wildman–Crippen MR) is 84.5 cm³/mol. The minimum absolute atomic E-state index is 0.122. The zero-order valence-corrected chi connectivity index (χ0v) is 13.5. The molecule has 0 aromatic heterocycles. The molecule has 1 aromatic carbocycles. The number of carbonyl (C=O) groups is 3. The summed E-state index contributed by atoms with van der Waals surface area (Å²) in [6.07, 6.45) is 1.09. The van der Waals surface area contributed by atoms with Gasteiger partial charge in [-0.25, -0.2) is 9.59 Å². The van der Waals surface area contributed by atoms with Crippen LogP contribution in [0, 0.1) is 6.92 Å². The van der Waals surface area contributed by atoms with E-state index in [2.05, 4.69) is 14.6 Å². The van der Waals surface area contributed by atoms with Crippen molar-refractivity contribution in [1.82, 2.24) is 4.41 Å². The van der Waals surface area contributed by atoms with Crippen LogP contribution in [0.15, 0.2) is 40.3 Å². The lowest BCUT2D eigenvalue weighted by Gasteiger charge is -2.09. The molecule has 0 aliphatic carbocycles. The molecule has 0 radical (unpaired) electrons. The Bertz CT molecular complexity index is 709. The highest BCUT2D eigenvalue weighted by atomic mass is 32.2. The van der Waals surface area contributed by atoms with Crippen LogP contribution in [0.25, 0.3) is 0 Å². The standard InChI is InChI=1S/C15H14N2O5S/c1-9-4-6-10(7-5-9)14(19)17-16-13(15(20)22-3)11(23-17)8-12(18)21-2/h4-8H,1-3H3/b11-8-. The second kappa shape index (κ2) is 7.10. The van der Waals surface area contributed by atoms with Crippen molar-refractivity contribution in [3.63, 3.8) is 0 Å². The molecular weight excluding hydrogens is 320 g/mol. The van der Waals surface area contributed by atoms with E-state index in [0.29, 0.717) is 5.56 Å². The number of hydrogen-bond donors (Lipinski definition) is 0. The van der Waals surface area contributed by atoms with Gasteiger partial charge in [0, 0.05) is 23.6 Å². The molecule has 0 N–H and O–H groups in total. The molecule has 1 aromatic rings. The zero-order valence-electron chi connectivity index (χ0n) is 12.7. The Balaban J connectivity index is 2.30. The highest BCUT2D eigenvalue weighted by Gasteiger charge is 2.32. The van der Waals surface area contributed by atoms with Crippen LogP contribution in [0.1, 0.15) is 15.9 Å². The number of amides is 1. The number of carbonyl (C=O) groups excluding carboxylic acids is 3. The summed E-state index contributed by atoms with van der Waals surface area (Å²) in [5.41, 5.74) is 1.30. The number of ether oxygens (including phenoxy) is 2. The summed E-state index contributed by atoms with van der Waals surface area (Å²) in [7, 11) is 2.40. The van der Waals surface area contributed by atoms with Crippen molar-refractivity contribution in [2.45, 2.75) is 6.92 Å². The number of nitrogens with zero attached hydrogens (tertiary/aromatic N) is 2. The lowest BCUT2D eigenvalue weighted by Crippen LogP contribution is -2.18. The van der Waals surface area contributed by atoms with Crippen molar-refractivity contribution in [2.24, 2.45) is 5.10 Å². The topological polar surface area (TPSA) is 85.3 Å². The molecule has 0 spiro atoms. The predicted octanol–water partition coefficient (Wildman–Crippen LogP) is 1.68. The Morgan fingerprint density at radius 1 is 1.13 bits per heavy atom. The van der Waals surface area contributed by atoms with E-state index in [-0.39, 0.29) is 10.6 Å². The van der Waals surface area contributed by atoms with E-state index < -0.39 is 17.8 Å². The summed E-state index contributed by atoms with van der Waals surface area (Å²) in [5, 5.41) is 3.94. The Morgan fingerprint density at radius 2 is 1.78 bits per heavy atom. The van der Waals surface area contributed by atoms with Gasteiger partial charge < -0.3 is 9.47 Å². The van der Waals surface area contributed by atoms with Crippen molar-refractivity contribution in [1.29, 1.82) is 0 Å². The molecule has 0 fully saturated rings. The Hall–Kier alpha value is -2.61. The van der Waals surface area contributed by atoms with E-state index >= 15 is 0 Å². The van der Waals surface area contributed by atoms with E-state index in [1.54, 1.807) is 24.3 Å². The number of hydrazone groups is 1. The molecule has 8 heteroatoms. The van der Waals surface area contributed by atoms with Crippen LogP contribution in [0.2, 0.25) is 0 Å². The smallest absolute Gasteiger partial charge is 0.359 e. The molecule has 1 aliphatic rings. The van der Waals surface area contributed by atoms with Crippen LogP contribution in [0.5, 0.6) is 0 Å². The summed E-state index contributed by atoms with van der Waals surface area (Å²) in [4.78, 5) is 35.7. The molecule has 1 heterocycles. The van der Waals surface area contributed by atoms with Gasteiger partial charge in [-0.2, -0.15) is 4.41 Å². The van der Waals surface area contributed by atoms with Crippen molar-refractivity contribution < 1.29 is 23.9 Å². The first kappa shape index (κ1) is 16.8. The Kier molecular flexibility index (Phi) is 5.17. The fourth-order valence-corrected chi connectivity index (χ4v) is 2.55. The van der Waals surface area contributed by atoms with E-state index in [4.69, 9.17) is 0 Å². The number of hydrogen-bond acceptors (Lipinski definition) is 7. The van der Waals surface area contributed by atoms with E-state index in [1.165, 1.54) is 14.2 Å². The number of esters is 2. The average molecular weight is 334 g/mol. The molecule has 2 rings (SSSR count). The molecular formula is C15H14N2O5S. The summed E-state index contributed by atoms with van der Waals surface area (Å²) < 4.78 is 10.2. The first-order chi connectivity index (χ1) is 11.0. The minimum atomic E-state index is -0.744. The Morgan fingerprint density at radius 3 is 2.35 bits per heavy atom.